The van der Waals surface area contributed by atoms with Crippen molar-refractivity contribution in [1.82, 2.24) is 15.2 Å². The lowest BCUT2D eigenvalue weighted by molar-refractivity contribution is -0.129. The summed E-state index contributed by atoms with van der Waals surface area (Å²) in [7, 11) is 0. The summed E-state index contributed by atoms with van der Waals surface area (Å²) < 4.78 is 0. The van der Waals surface area contributed by atoms with Crippen LogP contribution in [-0.2, 0) is 11.3 Å². The van der Waals surface area contributed by atoms with Gasteiger partial charge in [0.15, 0.2) is 0 Å². The Labute approximate surface area is 116 Å². The Hall–Kier alpha value is -1.47. The van der Waals surface area contributed by atoms with Crippen LogP contribution in [0.3, 0.4) is 0 Å². The summed E-state index contributed by atoms with van der Waals surface area (Å²) in [6, 6.07) is -0.427. The Kier molecular flexibility index (Phi) is 4.16. The van der Waals surface area contributed by atoms with E-state index >= 15 is 0 Å². The fourth-order valence-corrected chi connectivity index (χ4v) is 2.87. The fourth-order valence-electron chi connectivity index (χ4n) is 2.23. The highest BCUT2D eigenvalue weighted by molar-refractivity contribution is 7.09. The number of thiazole rings is 1. The van der Waals surface area contributed by atoms with Crippen molar-refractivity contribution in [3.05, 3.63) is 16.1 Å². The number of nitrogens with two attached hydrogens (primary N) is 1. The van der Waals surface area contributed by atoms with Crippen LogP contribution in [0.4, 0.5) is 0 Å². The highest BCUT2D eigenvalue weighted by Gasteiger charge is 2.36. The molecule has 1 aromatic heterocycles. The fraction of sp³-hybridized carbons (Fsp3) is 0.583. The minimum absolute atomic E-state index is 0.0665. The van der Waals surface area contributed by atoms with Crippen LogP contribution in [0, 0.1) is 5.92 Å². The molecule has 7 heteroatoms. The van der Waals surface area contributed by atoms with Gasteiger partial charge in [0, 0.05) is 25.0 Å². The van der Waals surface area contributed by atoms with Crippen LogP contribution in [0.5, 0.6) is 0 Å². The maximum atomic E-state index is 12.4. The molecular formula is C12H18N4O2S. The van der Waals surface area contributed by atoms with Crippen LogP contribution < -0.4 is 11.1 Å². The van der Waals surface area contributed by atoms with Crippen LogP contribution in [-0.4, -0.2) is 40.8 Å². The second kappa shape index (κ2) is 5.66. The van der Waals surface area contributed by atoms with Crippen molar-refractivity contribution in [3.8, 4) is 0 Å². The van der Waals surface area contributed by atoms with Gasteiger partial charge in [0.25, 0.3) is 5.91 Å². The van der Waals surface area contributed by atoms with E-state index in [1.165, 1.54) is 11.3 Å². The number of amides is 2. The zero-order valence-electron chi connectivity index (χ0n) is 11.0. The number of hydrogen-bond donors (Lipinski definition) is 2. The van der Waals surface area contributed by atoms with E-state index in [0.717, 1.165) is 5.01 Å². The second-order valence-corrected chi connectivity index (χ2v) is 5.75. The van der Waals surface area contributed by atoms with E-state index in [9.17, 15) is 9.59 Å². The molecule has 1 aromatic rings. The average molecular weight is 282 g/mol. The van der Waals surface area contributed by atoms with Crippen LogP contribution >= 0.6 is 11.3 Å². The van der Waals surface area contributed by atoms with Gasteiger partial charge in [-0.3, -0.25) is 9.59 Å². The molecule has 0 aromatic carbocycles. The number of carbonyl (C=O) groups excluding carboxylic acids is 2. The Morgan fingerprint density at radius 1 is 1.68 bits per heavy atom. The summed E-state index contributed by atoms with van der Waals surface area (Å²) in [6.45, 7) is 5.20. The molecule has 0 bridgehead atoms. The largest absolute Gasteiger partial charge is 0.353 e. The number of piperazine rings is 1. The summed E-state index contributed by atoms with van der Waals surface area (Å²) in [4.78, 5) is 30.1. The third-order valence-electron chi connectivity index (χ3n) is 3.09. The molecule has 1 aliphatic heterocycles. The maximum absolute atomic E-state index is 12.4. The molecule has 1 fully saturated rings. The van der Waals surface area contributed by atoms with Crippen molar-refractivity contribution in [1.29, 1.82) is 0 Å². The third-order valence-corrected chi connectivity index (χ3v) is 3.97. The first-order valence-electron chi connectivity index (χ1n) is 6.27. The van der Waals surface area contributed by atoms with Crippen LogP contribution in [0.25, 0.3) is 0 Å². The van der Waals surface area contributed by atoms with Gasteiger partial charge >= 0.3 is 0 Å². The summed E-state index contributed by atoms with van der Waals surface area (Å²) >= 11 is 1.37. The van der Waals surface area contributed by atoms with E-state index in [1.807, 2.05) is 13.8 Å². The molecule has 0 saturated carbocycles. The second-order valence-electron chi connectivity index (χ2n) is 4.81. The Bertz CT molecular complexity index is 486. The predicted octanol–water partition coefficient (Wildman–Crippen LogP) is 0.198. The van der Waals surface area contributed by atoms with Gasteiger partial charge in [-0.15, -0.1) is 11.3 Å². The van der Waals surface area contributed by atoms with Gasteiger partial charge in [0.1, 0.15) is 16.7 Å². The van der Waals surface area contributed by atoms with Crippen LogP contribution in [0.1, 0.15) is 29.3 Å². The van der Waals surface area contributed by atoms with Crippen molar-refractivity contribution < 1.29 is 9.59 Å². The highest BCUT2D eigenvalue weighted by Crippen LogP contribution is 2.18. The molecule has 1 aliphatic rings. The van der Waals surface area contributed by atoms with Gasteiger partial charge in [-0.1, -0.05) is 13.8 Å². The quantitative estimate of drug-likeness (QED) is 0.829. The molecule has 19 heavy (non-hydrogen) atoms. The molecule has 104 valence electrons. The number of nitrogens with one attached hydrogen (secondary N) is 1. The van der Waals surface area contributed by atoms with Crippen molar-refractivity contribution in [2.45, 2.75) is 26.4 Å². The monoisotopic (exact) mass is 282 g/mol. The average Bonchev–Trinajstić information content (AvgIpc) is 2.85. The van der Waals surface area contributed by atoms with Crippen molar-refractivity contribution in [2.75, 3.05) is 13.1 Å². The third kappa shape index (κ3) is 2.76. The van der Waals surface area contributed by atoms with Gasteiger partial charge in [0.2, 0.25) is 5.91 Å². The van der Waals surface area contributed by atoms with Crippen molar-refractivity contribution in [2.24, 2.45) is 11.7 Å². The topological polar surface area (TPSA) is 88.3 Å². The van der Waals surface area contributed by atoms with Crippen molar-refractivity contribution in [3.63, 3.8) is 0 Å². The van der Waals surface area contributed by atoms with E-state index in [-0.39, 0.29) is 17.7 Å². The van der Waals surface area contributed by atoms with Gasteiger partial charge in [0.05, 0.1) is 0 Å². The van der Waals surface area contributed by atoms with Gasteiger partial charge in [-0.05, 0) is 5.92 Å². The smallest absolute Gasteiger partial charge is 0.274 e. The van der Waals surface area contributed by atoms with E-state index in [4.69, 9.17) is 5.73 Å². The van der Waals surface area contributed by atoms with E-state index in [1.54, 1.807) is 10.3 Å². The van der Waals surface area contributed by atoms with Gasteiger partial charge in [-0.2, -0.15) is 0 Å². The summed E-state index contributed by atoms with van der Waals surface area (Å²) in [5.74, 6) is -0.217. The maximum Gasteiger partial charge on any atom is 0.274 e. The SMILES string of the molecule is CC(C)C1C(=O)NCCN1C(=O)c1csc(CN)n1. The zero-order valence-corrected chi connectivity index (χ0v) is 11.9. The lowest BCUT2D eigenvalue weighted by Gasteiger charge is -2.36. The highest BCUT2D eigenvalue weighted by atomic mass is 32.1. The molecule has 6 nitrogen and oxygen atoms in total. The first-order valence-corrected chi connectivity index (χ1v) is 7.15. The molecule has 0 spiro atoms. The molecule has 1 unspecified atom stereocenters. The van der Waals surface area contributed by atoms with E-state index < -0.39 is 6.04 Å². The Morgan fingerprint density at radius 2 is 2.42 bits per heavy atom. The number of carbonyl (C=O) groups is 2. The van der Waals surface area contributed by atoms with Crippen molar-refractivity contribution >= 4 is 23.2 Å². The van der Waals surface area contributed by atoms with Gasteiger partial charge in [-0.25, -0.2) is 4.98 Å². The minimum Gasteiger partial charge on any atom is -0.353 e. The molecule has 1 atom stereocenters. The van der Waals surface area contributed by atoms with E-state index in [2.05, 4.69) is 10.3 Å². The number of nitrogens with zero attached hydrogens (tertiary/aromatic N) is 2. The van der Waals surface area contributed by atoms with Crippen LogP contribution in [0.15, 0.2) is 5.38 Å². The summed E-state index contributed by atoms with van der Waals surface area (Å²) in [5.41, 5.74) is 5.88. The van der Waals surface area contributed by atoms with Gasteiger partial charge < -0.3 is 16.0 Å². The molecule has 2 heterocycles. The first-order chi connectivity index (χ1) is 9.04. The normalized spacial score (nSPS) is 19.7. The number of hydrogen-bond acceptors (Lipinski definition) is 5. The first kappa shape index (κ1) is 14.0. The number of rotatable bonds is 3. The molecule has 3 N–H and O–H groups in total. The standard InChI is InChI=1S/C12H18N4O2S/c1-7(2)10-11(17)14-3-4-16(10)12(18)8-6-19-9(5-13)15-8/h6-7,10H,3-5,13H2,1-2H3,(H,14,17). The molecular weight excluding hydrogens is 264 g/mol. The minimum atomic E-state index is -0.427. The molecule has 0 radical (unpaired) electrons. The molecule has 1 saturated heterocycles. The summed E-state index contributed by atoms with van der Waals surface area (Å²) in [6.07, 6.45) is 0. The van der Waals surface area contributed by atoms with Crippen LogP contribution in [0.2, 0.25) is 0 Å². The Morgan fingerprint density at radius 3 is 3.00 bits per heavy atom. The predicted molar refractivity (Wildman–Crippen MR) is 72.7 cm³/mol. The molecule has 2 amide bonds. The molecule has 0 aliphatic carbocycles. The van der Waals surface area contributed by atoms with E-state index in [0.29, 0.717) is 25.3 Å². The summed E-state index contributed by atoms with van der Waals surface area (Å²) in [5, 5.41) is 5.23. The lowest BCUT2D eigenvalue weighted by atomic mass is 9.99. The molecule has 2 rings (SSSR count). The zero-order chi connectivity index (χ0) is 14.0. The number of aromatic nitrogens is 1. The Balaban J connectivity index is 2.22. The lowest BCUT2D eigenvalue weighted by Crippen LogP contribution is -2.59.